The molecule has 0 aliphatic carbocycles. The van der Waals surface area contributed by atoms with Gasteiger partial charge < -0.3 is 15.8 Å². The molecule has 2 unspecified atom stereocenters. The van der Waals surface area contributed by atoms with Crippen LogP contribution in [0.3, 0.4) is 0 Å². The fraction of sp³-hybridized carbons (Fsp3) is 1.00. The van der Waals surface area contributed by atoms with Gasteiger partial charge in [-0.25, -0.2) is 0 Å². The molecule has 3 N–H and O–H groups in total. The van der Waals surface area contributed by atoms with Gasteiger partial charge in [0.25, 0.3) is 0 Å². The maximum absolute atomic E-state index is 5.89. The molecular weight excluding hydrogens is 188 g/mol. The summed E-state index contributed by atoms with van der Waals surface area (Å²) < 4.78 is 5.61. The van der Waals surface area contributed by atoms with Gasteiger partial charge in [0.1, 0.15) is 0 Å². The smallest absolute Gasteiger partial charge is 0.0700 e. The van der Waals surface area contributed by atoms with E-state index >= 15 is 0 Å². The Morgan fingerprint density at radius 3 is 2.73 bits per heavy atom. The fourth-order valence-corrected chi connectivity index (χ4v) is 2.32. The third kappa shape index (κ3) is 3.74. The van der Waals surface area contributed by atoms with E-state index in [0.29, 0.717) is 6.10 Å². The predicted octanol–water partition coefficient (Wildman–Crippen LogP) is 1.66. The van der Waals surface area contributed by atoms with Crippen molar-refractivity contribution < 1.29 is 4.74 Å². The molecule has 0 aromatic carbocycles. The highest BCUT2D eigenvalue weighted by molar-refractivity contribution is 4.88. The SMILES string of the molecule is CCCC(CC)(CN)NCC1CCCO1. The molecule has 1 heterocycles. The van der Waals surface area contributed by atoms with E-state index in [2.05, 4.69) is 19.2 Å². The molecular formula is C12H26N2O. The van der Waals surface area contributed by atoms with Gasteiger partial charge in [-0.3, -0.25) is 0 Å². The Kier molecular flexibility index (Phi) is 5.58. The highest BCUT2D eigenvalue weighted by Crippen LogP contribution is 2.18. The predicted molar refractivity (Wildman–Crippen MR) is 64.0 cm³/mol. The van der Waals surface area contributed by atoms with E-state index in [-0.39, 0.29) is 5.54 Å². The van der Waals surface area contributed by atoms with Crippen LogP contribution in [-0.4, -0.2) is 31.3 Å². The number of hydrogen-bond acceptors (Lipinski definition) is 3. The Hall–Kier alpha value is -0.120. The third-order valence-electron chi connectivity index (χ3n) is 3.52. The Morgan fingerprint density at radius 2 is 2.27 bits per heavy atom. The summed E-state index contributed by atoms with van der Waals surface area (Å²) in [6, 6.07) is 0. The largest absolute Gasteiger partial charge is 0.377 e. The molecule has 3 heteroatoms. The van der Waals surface area contributed by atoms with Crippen LogP contribution in [0.4, 0.5) is 0 Å². The zero-order valence-corrected chi connectivity index (χ0v) is 10.2. The molecule has 2 atom stereocenters. The minimum Gasteiger partial charge on any atom is -0.377 e. The Bertz CT molecular complexity index is 163. The van der Waals surface area contributed by atoms with Gasteiger partial charge in [0.05, 0.1) is 6.10 Å². The minimum absolute atomic E-state index is 0.140. The van der Waals surface area contributed by atoms with Gasteiger partial charge in [0.2, 0.25) is 0 Å². The lowest BCUT2D eigenvalue weighted by atomic mass is 9.90. The topological polar surface area (TPSA) is 47.3 Å². The first-order valence-corrected chi connectivity index (χ1v) is 6.33. The Balaban J connectivity index is 2.35. The standard InChI is InChI=1S/C12H26N2O/c1-3-7-12(4-2,10-13)14-9-11-6-5-8-15-11/h11,14H,3-10,13H2,1-2H3. The molecule has 0 aromatic heterocycles. The van der Waals surface area contributed by atoms with E-state index in [9.17, 15) is 0 Å². The number of ether oxygens (including phenoxy) is 1. The minimum atomic E-state index is 0.140. The lowest BCUT2D eigenvalue weighted by Crippen LogP contribution is -2.52. The maximum Gasteiger partial charge on any atom is 0.0700 e. The summed E-state index contributed by atoms with van der Waals surface area (Å²) in [5.74, 6) is 0. The molecule has 1 fully saturated rings. The second kappa shape index (κ2) is 6.46. The number of hydrogen-bond donors (Lipinski definition) is 2. The van der Waals surface area contributed by atoms with Crippen LogP contribution < -0.4 is 11.1 Å². The van der Waals surface area contributed by atoms with Crippen molar-refractivity contribution in [2.24, 2.45) is 5.73 Å². The first-order chi connectivity index (χ1) is 7.26. The summed E-state index contributed by atoms with van der Waals surface area (Å²) in [5, 5.41) is 3.63. The van der Waals surface area contributed by atoms with Crippen molar-refractivity contribution in [2.75, 3.05) is 19.7 Å². The summed E-state index contributed by atoms with van der Waals surface area (Å²) in [5.41, 5.74) is 6.03. The van der Waals surface area contributed by atoms with Gasteiger partial charge >= 0.3 is 0 Å². The second-order valence-electron chi connectivity index (χ2n) is 4.60. The number of rotatable bonds is 7. The van der Waals surface area contributed by atoms with Crippen LogP contribution in [0.5, 0.6) is 0 Å². The molecule has 0 amide bonds. The monoisotopic (exact) mass is 214 g/mol. The van der Waals surface area contributed by atoms with Gasteiger partial charge in [-0.15, -0.1) is 0 Å². The lowest BCUT2D eigenvalue weighted by molar-refractivity contribution is 0.0990. The average Bonchev–Trinajstić information content (AvgIpc) is 2.77. The Morgan fingerprint density at radius 1 is 1.47 bits per heavy atom. The highest BCUT2D eigenvalue weighted by atomic mass is 16.5. The molecule has 0 saturated carbocycles. The van der Waals surface area contributed by atoms with Crippen molar-refractivity contribution in [3.05, 3.63) is 0 Å². The van der Waals surface area contributed by atoms with E-state index in [1.54, 1.807) is 0 Å². The van der Waals surface area contributed by atoms with Crippen molar-refractivity contribution in [3.63, 3.8) is 0 Å². The van der Waals surface area contributed by atoms with Crippen LogP contribution in [0.1, 0.15) is 46.0 Å². The molecule has 0 bridgehead atoms. The quantitative estimate of drug-likeness (QED) is 0.677. The zero-order valence-electron chi connectivity index (χ0n) is 10.2. The summed E-state index contributed by atoms with van der Waals surface area (Å²) in [6.07, 6.45) is 6.27. The first kappa shape index (κ1) is 12.9. The first-order valence-electron chi connectivity index (χ1n) is 6.33. The van der Waals surface area contributed by atoms with Crippen LogP contribution in [-0.2, 0) is 4.74 Å². The summed E-state index contributed by atoms with van der Waals surface area (Å²) in [4.78, 5) is 0. The molecule has 0 radical (unpaired) electrons. The van der Waals surface area contributed by atoms with Gasteiger partial charge in [-0.05, 0) is 25.7 Å². The van der Waals surface area contributed by atoms with Crippen LogP contribution in [0.15, 0.2) is 0 Å². The van der Waals surface area contributed by atoms with Crippen LogP contribution in [0, 0.1) is 0 Å². The van der Waals surface area contributed by atoms with E-state index in [4.69, 9.17) is 10.5 Å². The summed E-state index contributed by atoms with van der Waals surface area (Å²) >= 11 is 0. The van der Waals surface area contributed by atoms with Crippen molar-refractivity contribution in [1.29, 1.82) is 0 Å². The molecule has 15 heavy (non-hydrogen) atoms. The highest BCUT2D eigenvalue weighted by Gasteiger charge is 2.26. The van der Waals surface area contributed by atoms with Crippen LogP contribution >= 0.6 is 0 Å². The molecule has 1 aliphatic rings. The van der Waals surface area contributed by atoms with E-state index in [0.717, 1.165) is 32.5 Å². The van der Waals surface area contributed by atoms with Crippen molar-refractivity contribution in [3.8, 4) is 0 Å². The second-order valence-corrected chi connectivity index (χ2v) is 4.60. The third-order valence-corrected chi connectivity index (χ3v) is 3.52. The van der Waals surface area contributed by atoms with E-state index < -0.39 is 0 Å². The molecule has 1 saturated heterocycles. The number of nitrogens with one attached hydrogen (secondary N) is 1. The molecule has 1 aliphatic heterocycles. The maximum atomic E-state index is 5.89. The molecule has 1 rings (SSSR count). The van der Waals surface area contributed by atoms with Crippen LogP contribution in [0.2, 0.25) is 0 Å². The summed E-state index contributed by atoms with van der Waals surface area (Å²) in [7, 11) is 0. The normalized spacial score (nSPS) is 25.4. The Labute approximate surface area is 93.8 Å². The zero-order chi connectivity index (χ0) is 11.1. The van der Waals surface area contributed by atoms with E-state index in [1.807, 2.05) is 0 Å². The van der Waals surface area contributed by atoms with Gasteiger partial charge in [-0.1, -0.05) is 20.3 Å². The fourth-order valence-electron chi connectivity index (χ4n) is 2.32. The average molecular weight is 214 g/mol. The molecule has 3 nitrogen and oxygen atoms in total. The molecule has 0 aromatic rings. The summed E-state index contributed by atoms with van der Waals surface area (Å²) in [6.45, 7) is 7.05. The van der Waals surface area contributed by atoms with Crippen LogP contribution in [0.25, 0.3) is 0 Å². The van der Waals surface area contributed by atoms with Crippen molar-refractivity contribution >= 4 is 0 Å². The van der Waals surface area contributed by atoms with E-state index in [1.165, 1.54) is 19.3 Å². The van der Waals surface area contributed by atoms with Crippen molar-refractivity contribution in [2.45, 2.75) is 57.6 Å². The molecule has 0 spiro atoms. The van der Waals surface area contributed by atoms with Gasteiger partial charge in [-0.2, -0.15) is 0 Å². The van der Waals surface area contributed by atoms with Crippen molar-refractivity contribution in [1.82, 2.24) is 5.32 Å². The van der Waals surface area contributed by atoms with Gasteiger partial charge in [0, 0.05) is 25.2 Å². The lowest BCUT2D eigenvalue weighted by Gasteiger charge is -2.33. The number of nitrogens with two attached hydrogens (primary N) is 1. The van der Waals surface area contributed by atoms with Gasteiger partial charge in [0.15, 0.2) is 0 Å². The molecule has 90 valence electrons.